The molecule has 0 radical (unpaired) electrons. The van der Waals surface area contributed by atoms with Gasteiger partial charge in [0.2, 0.25) is 0 Å². The van der Waals surface area contributed by atoms with E-state index in [4.69, 9.17) is 11.6 Å². The normalized spacial score (nSPS) is 10.6. The minimum Gasteiger partial charge on any atom is -0.341 e. The summed E-state index contributed by atoms with van der Waals surface area (Å²) < 4.78 is 27.6. The highest BCUT2D eigenvalue weighted by Gasteiger charge is 2.20. The van der Waals surface area contributed by atoms with Crippen molar-refractivity contribution in [3.8, 4) is 0 Å². The molecule has 0 saturated carbocycles. The first-order valence-corrected chi connectivity index (χ1v) is 10.8. The quantitative estimate of drug-likeness (QED) is 0.418. The van der Waals surface area contributed by atoms with Gasteiger partial charge in [0.25, 0.3) is 5.91 Å². The summed E-state index contributed by atoms with van der Waals surface area (Å²) in [5, 5.41) is 5.17. The fourth-order valence-corrected chi connectivity index (χ4v) is 3.84. The zero-order valence-electron chi connectivity index (χ0n) is 18.5. The molecule has 0 aliphatic rings. The third kappa shape index (κ3) is 5.68. The molecule has 0 fully saturated rings. The highest BCUT2D eigenvalue weighted by atomic mass is 35.5. The van der Waals surface area contributed by atoms with Gasteiger partial charge in [-0.25, -0.2) is 13.6 Å². The number of urea groups is 1. The van der Waals surface area contributed by atoms with Gasteiger partial charge in [0.15, 0.2) is 0 Å². The molecule has 33 heavy (non-hydrogen) atoms. The first kappa shape index (κ1) is 24.2. The van der Waals surface area contributed by atoms with Crippen LogP contribution in [0.25, 0.3) is 0 Å². The van der Waals surface area contributed by atoms with E-state index in [0.717, 1.165) is 53.7 Å². The molecule has 3 aromatic carbocycles. The number of benzene rings is 3. The van der Waals surface area contributed by atoms with Gasteiger partial charge in [-0.15, -0.1) is 0 Å². The average molecular weight is 472 g/mol. The largest absolute Gasteiger partial charge is 0.341 e. The van der Waals surface area contributed by atoms with Crippen molar-refractivity contribution in [3.63, 3.8) is 0 Å². The van der Waals surface area contributed by atoms with Crippen LogP contribution >= 0.6 is 11.6 Å². The molecule has 0 heterocycles. The van der Waals surface area contributed by atoms with E-state index in [1.165, 1.54) is 0 Å². The van der Waals surface area contributed by atoms with E-state index in [9.17, 15) is 18.4 Å². The predicted molar refractivity (Wildman–Crippen MR) is 128 cm³/mol. The van der Waals surface area contributed by atoms with E-state index in [1.54, 1.807) is 12.1 Å². The van der Waals surface area contributed by atoms with Crippen molar-refractivity contribution in [2.24, 2.45) is 0 Å². The lowest BCUT2D eigenvalue weighted by atomic mass is 10.0. The Morgan fingerprint density at radius 1 is 0.970 bits per heavy atom. The van der Waals surface area contributed by atoms with Crippen LogP contribution in [0.4, 0.5) is 30.6 Å². The maximum Gasteiger partial charge on any atom is 0.326 e. The van der Waals surface area contributed by atoms with Crippen molar-refractivity contribution in [1.29, 1.82) is 0 Å². The standard InChI is InChI=1S/C25H24ClF2N3O2/c1-4-12-31(19-10-8-17(26)9-11-19)23-15(2)13-18(14-16(23)3)29-25(33)30-24(32)22-20(27)6-5-7-21(22)28/h5-11,13-14H,4,12H2,1-3H3,(H2,29,30,32,33). The summed E-state index contributed by atoms with van der Waals surface area (Å²) in [5.41, 5.74) is 3.42. The summed E-state index contributed by atoms with van der Waals surface area (Å²) in [6.45, 7) is 6.70. The molecule has 0 saturated heterocycles. The van der Waals surface area contributed by atoms with E-state index in [0.29, 0.717) is 10.7 Å². The zero-order chi connectivity index (χ0) is 24.1. The molecule has 8 heteroatoms. The van der Waals surface area contributed by atoms with Gasteiger partial charge >= 0.3 is 6.03 Å². The SMILES string of the molecule is CCCN(c1ccc(Cl)cc1)c1c(C)cc(NC(=O)NC(=O)c2c(F)cccc2F)cc1C. The van der Waals surface area contributed by atoms with Gasteiger partial charge in [0.05, 0.1) is 0 Å². The first-order chi connectivity index (χ1) is 15.7. The number of nitrogens with one attached hydrogen (secondary N) is 2. The maximum absolute atomic E-state index is 13.8. The van der Waals surface area contributed by atoms with Crippen molar-refractivity contribution < 1.29 is 18.4 Å². The summed E-state index contributed by atoms with van der Waals surface area (Å²) in [6, 6.07) is 13.3. The first-order valence-electron chi connectivity index (χ1n) is 10.4. The fraction of sp³-hybridized carbons (Fsp3) is 0.200. The number of anilines is 3. The lowest BCUT2D eigenvalue weighted by molar-refractivity contribution is 0.0959. The van der Waals surface area contributed by atoms with Crippen LogP contribution in [0.1, 0.15) is 34.8 Å². The van der Waals surface area contributed by atoms with E-state index < -0.39 is 29.1 Å². The van der Waals surface area contributed by atoms with Gasteiger partial charge in [0, 0.05) is 28.6 Å². The minimum atomic E-state index is -1.16. The molecule has 5 nitrogen and oxygen atoms in total. The molecule has 3 aromatic rings. The molecule has 0 atom stereocenters. The molecule has 0 bridgehead atoms. The Hall–Kier alpha value is -3.45. The van der Waals surface area contributed by atoms with Gasteiger partial charge in [-0.3, -0.25) is 10.1 Å². The number of rotatable bonds is 6. The van der Waals surface area contributed by atoms with E-state index in [-0.39, 0.29) is 0 Å². The van der Waals surface area contributed by atoms with E-state index in [2.05, 4.69) is 17.1 Å². The molecule has 172 valence electrons. The Labute approximate surface area is 196 Å². The van der Waals surface area contributed by atoms with Gasteiger partial charge < -0.3 is 10.2 Å². The van der Waals surface area contributed by atoms with Crippen LogP contribution in [-0.2, 0) is 0 Å². The third-order valence-electron chi connectivity index (χ3n) is 5.02. The molecule has 0 unspecified atom stereocenters. The summed E-state index contributed by atoms with van der Waals surface area (Å²) in [7, 11) is 0. The van der Waals surface area contributed by atoms with Crippen molar-refractivity contribution in [2.75, 3.05) is 16.8 Å². The maximum atomic E-state index is 13.8. The number of hydrogen-bond donors (Lipinski definition) is 2. The smallest absolute Gasteiger partial charge is 0.326 e. The monoisotopic (exact) mass is 471 g/mol. The van der Waals surface area contributed by atoms with Crippen LogP contribution in [-0.4, -0.2) is 18.5 Å². The number of hydrogen-bond acceptors (Lipinski definition) is 3. The van der Waals surface area contributed by atoms with Gasteiger partial charge in [0.1, 0.15) is 17.2 Å². The molecule has 2 N–H and O–H groups in total. The van der Waals surface area contributed by atoms with Crippen molar-refractivity contribution in [3.05, 3.63) is 87.9 Å². The topological polar surface area (TPSA) is 61.4 Å². The van der Waals surface area contributed by atoms with Crippen LogP contribution < -0.4 is 15.5 Å². The van der Waals surface area contributed by atoms with Crippen LogP contribution in [0.15, 0.2) is 54.6 Å². The fourth-order valence-electron chi connectivity index (χ4n) is 3.71. The molecule has 3 rings (SSSR count). The second-order valence-electron chi connectivity index (χ2n) is 7.59. The van der Waals surface area contributed by atoms with Crippen molar-refractivity contribution in [1.82, 2.24) is 5.32 Å². The van der Waals surface area contributed by atoms with Gasteiger partial charge in [-0.1, -0.05) is 24.6 Å². The molecule has 0 spiro atoms. The number of amides is 3. The van der Waals surface area contributed by atoms with Crippen LogP contribution in [0, 0.1) is 25.5 Å². The second-order valence-corrected chi connectivity index (χ2v) is 8.03. The van der Waals surface area contributed by atoms with Crippen molar-refractivity contribution in [2.45, 2.75) is 27.2 Å². The Bertz CT molecular complexity index is 1140. The Morgan fingerprint density at radius 3 is 2.09 bits per heavy atom. The molecular weight excluding hydrogens is 448 g/mol. The highest BCUT2D eigenvalue weighted by molar-refractivity contribution is 6.30. The molecular formula is C25H24ClF2N3O2. The van der Waals surface area contributed by atoms with Crippen molar-refractivity contribution >= 4 is 40.6 Å². The molecule has 0 aromatic heterocycles. The number of carbonyl (C=O) groups is 2. The molecule has 3 amide bonds. The van der Waals surface area contributed by atoms with Gasteiger partial charge in [-0.05, 0) is 79.9 Å². The predicted octanol–water partition coefficient (Wildman–Crippen LogP) is 6.75. The lowest BCUT2D eigenvalue weighted by Gasteiger charge is -2.28. The van der Waals surface area contributed by atoms with E-state index >= 15 is 0 Å². The summed E-state index contributed by atoms with van der Waals surface area (Å²) in [4.78, 5) is 26.6. The van der Waals surface area contributed by atoms with Gasteiger partial charge in [-0.2, -0.15) is 0 Å². The lowest BCUT2D eigenvalue weighted by Crippen LogP contribution is -2.35. The van der Waals surface area contributed by atoms with E-state index in [1.807, 2.05) is 43.4 Å². The average Bonchev–Trinajstić information content (AvgIpc) is 2.73. The molecule has 0 aliphatic heterocycles. The Kier molecular flexibility index (Phi) is 7.66. The van der Waals surface area contributed by atoms with Crippen LogP contribution in [0.5, 0.6) is 0 Å². The zero-order valence-corrected chi connectivity index (χ0v) is 19.3. The van der Waals surface area contributed by atoms with Crippen LogP contribution in [0.2, 0.25) is 5.02 Å². The summed E-state index contributed by atoms with van der Waals surface area (Å²) in [6.07, 6.45) is 0.915. The number of nitrogens with zero attached hydrogens (tertiary/aromatic N) is 1. The number of carbonyl (C=O) groups excluding carboxylic acids is 2. The second kappa shape index (κ2) is 10.4. The molecule has 0 aliphatic carbocycles. The third-order valence-corrected chi connectivity index (χ3v) is 5.27. The Morgan fingerprint density at radius 2 is 1.55 bits per heavy atom. The highest BCUT2D eigenvalue weighted by Crippen LogP contribution is 2.34. The minimum absolute atomic E-state index is 0.445. The summed E-state index contributed by atoms with van der Waals surface area (Å²) in [5.74, 6) is -3.26. The number of aryl methyl sites for hydroxylation is 2. The number of imide groups is 1. The summed E-state index contributed by atoms with van der Waals surface area (Å²) >= 11 is 6.03. The van der Waals surface area contributed by atoms with Crippen LogP contribution in [0.3, 0.4) is 0 Å². The Balaban J connectivity index is 1.81. The number of halogens is 3.